The van der Waals surface area contributed by atoms with Gasteiger partial charge >= 0.3 is 0 Å². The van der Waals surface area contributed by atoms with Crippen LogP contribution in [0.25, 0.3) is 16.9 Å². The molecule has 0 aliphatic heterocycles. The number of rotatable bonds is 3. The predicted octanol–water partition coefficient (Wildman–Crippen LogP) is 3.25. The second-order valence-electron chi connectivity index (χ2n) is 4.98. The molecule has 0 N–H and O–H groups in total. The highest BCUT2D eigenvalue weighted by atomic mass is 16.2. The number of aryl methyl sites for hydroxylation is 1. The topological polar surface area (TPSA) is 37.6 Å². The zero-order valence-electron chi connectivity index (χ0n) is 24.5. The first-order valence-electron chi connectivity index (χ1n) is 12.7. The maximum atomic E-state index is 13.0. The number of pyridine rings is 1. The first kappa shape index (κ1) is 6.48. The molecule has 2 heterocycles. The molecule has 4 heteroatoms. The standard InChI is InChI=1S/C19H21N3O/c1-13-5-8-15(9-6-13)19-16(11-18(23)21(3)4)22-12-14(2)7-10-17(22)20-19/h5-10,12H,11H2,1-4H3/i1D3,3D3,5D,6D,8D,9D,11D2. The number of imidazole rings is 1. The highest BCUT2D eigenvalue weighted by Gasteiger charge is 2.18. The Morgan fingerprint density at radius 1 is 1.35 bits per heavy atom. The van der Waals surface area contributed by atoms with E-state index in [1.165, 1.54) is 16.7 Å². The highest BCUT2D eigenvalue weighted by Crippen LogP contribution is 2.26. The van der Waals surface area contributed by atoms with Gasteiger partial charge in [-0.05, 0) is 25.4 Å². The molecule has 3 rings (SSSR count). The zero-order chi connectivity index (χ0) is 26.8. The molecule has 23 heavy (non-hydrogen) atoms. The van der Waals surface area contributed by atoms with E-state index in [1.807, 2.05) is 0 Å². The number of amides is 1. The van der Waals surface area contributed by atoms with Crippen molar-refractivity contribution < 1.29 is 21.2 Å². The third-order valence-corrected chi connectivity index (χ3v) is 3.16. The van der Waals surface area contributed by atoms with Crippen LogP contribution in [-0.4, -0.2) is 34.2 Å². The normalized spacial score (nSPS) is 20.3. The number of carbonyl (C=O) groups is 1. The molecule has 0 atom stereocenters. The molecule has 0 saturated carbocycles. The first-order valence-corrected chi connectivity index (χ1v) is 6.70. The summed E-state index contributed by atoms with van der Waals surface area (Å²) in [5, 5.41) is 0. The predicted molar refractivity (Wildman–Crippen MR) is 92.5 cm³/mol. The van der Waals surface area contributed by atoms with E-state index in [4.69, 9.17) is 16.4 Å². The van der Waals surface area contributed by atoms with E-state index >= 15 is 0 Å². The Bertz CT molecular complexity index is 1310. The quantitative estimate of drug-likeness (QED) is 0.743. The van der Waals surface area contributed by atoms with E-state index in [9.17, 15) is 4.79 Å². The van der Waals surface area contributed by atoms with Gasteiger partial charge in [0.2, 0.25) is 5.91 Å². The molecule has 1 amide bonds. The third kappa shape index (κ3) is 2.97. The zero-order valence-corrected chi connectivity index (χ0v) is 12.5. The monoisotopic (exact) mass is 319 g/mol. The fourth-order valence-electron chi connectivity index (χ4n) is 2.06. The highest BCUT2D eigenvalue weighted by molar-refractivity contribution is 5.81. The Balaban J connectivity index is 2.46. The maximum absolute atomic E-state index is 13.0. The molecule has 118 valence electrons. The minimum atomic E-state index is -3.04. The molecule has 1 aromatic carbocycles. The van der Waals surface area contributed by atoms with Crippen LogP contribution in [0, 0.1) is 13.8 Å². The minimum absolute atomic E-state index is 0.0885. The number of aromatic nitrogens is 2. The van der Waals surface area contributed by atoms with Crippen molar-refractivity contribution >= 4 is 11.6 Å². The van der Waals surface area contributed by atoms with Gasteiger partial charge in [0.05, 0.1) is 23.2 Å². The van der Waals surface area contributed by atoms with Crippen molar-refractivity contribution in [3.8, 4) is 11.3 Å². The van der Waals surface area contributed by atoms with Gasteiger partial charge in [-0.1, -0.05) is 35.8 Å². The van der Waals surface area contributed by atoms with Gasteiger partial charge in [-0.2, -0.15) is 0 Å². The Hall–Kier alpha value is -2.62. The van der Waals surface area contributed by atoms with Crippen molar-refractivity contribution in [1.29, 1.82) is 0 Å². The van der Waals surface area contributed by atoms with Gasteiger partial charge < -0.3 is 9.30 Å². The van der Waals surface area contributed by atoms with Crippen LogP contribution >= 0.6 is 0 Å². The van der Waals surface area contributed by atoms with Gasteiger partial charge in [0.1, 0.15) is 5.65 Å². The van der Waals surface area contributed by atoms with Gasteiger partial charge in [0.15, 0.2) is 0 Å². The molecular formula is C19H21N3O. The Labute approximate surface area is 153 Å². The molecule has 0 unspecified atom stereocenters. The average Bonchev–Trinajstić information content (AvgIpc) is 3.08. The molecule has 4 nitrogen and oxygen atoms in total. The summed E-state index contributed by atoms with van der Waals surface area (Å²) in [6.07, 6.45) is -1.62. The van der Waals surface area contributed by atoms with Crippen LogP contribution in [0.2, 0.25) is 0 Å². The van der Waals surface area contributed by atoms with Crippen LogP contribution < -0.4 is 0 Å². The number of nitrogens with zero attached hydrogens (tertiary/aromatic N) is 3. The van der Waals surface area contributed by atoms with Crippen molar-refractivity contribution in [2.75, 3.05) is 14.0 Å². The van der Waals surface area contributed by atoms with Crippen molar-refractivity contribution in [3.05, 3.63) is 59.3 Å². The van der Waals surface area contributed by atoms with Crippen LogP contribution in [-0.2, 0) is 11.2 Å². The lowest BCUT2D eigenvalue weighted by Crippen LogP contribution is -2.24. The number of fused-ring (bicyclic) bond motifs is 1. The average molecular weight is 319 g/mol. The van der Waals surface area contributed by atoms with Gasteiger partial charge in [-0.15, -0.1) is 0 Å². The van der Waals surface area contributed by atoms with E-state index in [1.54, 1.807) is 13.0 Å². The van der Waals surface area contributed by atoms with E-state index in [0.29, 0.717) is 5.56 Å². The molecule has 2 aromatic heterocycles. The SMILES string of the molecule is [2H]c1c([2H])c(C([2H])([2H])[2H])c([2H])c([2H])c1-c1nc2ccc(C)cn2c1C([2H])([2H])C(=O)N(C)C([2H])([2H])[2H]. The molecular weight excluding hydrogens is 286 g/mol. The van der Waals surface area contributed by atoms with Crippen LogP contribution in [0.4, 0.5) is 0 Å². The number of likely N-dealkylation sites (N-methyl/N-ethyl adjacent to an activating group) is 1. The Morgan fingerprint density at radius 2 is 2.13 bits per heavy atom. The van der Waals surface area contributed by atoms with Gasteiger partial charge in [-0.25, -0.2) is 4.98 Å². The summed E-state index contributed by atoms with van der Waals surface area (Å²) in [6.45, 7) is -4.24. The Kier molecular flexibility index (Phi) is 1.65. The van der Waals surface area contributed by atoms with Gasteiger partial charge in [0.25, 0.3) is 0 Å². The lowest BCUT2D eigenvalue weighted by molar-refractivity contribution is -0.128. The summed E-state index contributed by atoms with van der Waals surface area (Å²) in [6, 6.07) is -0.173. The molecule has 0 aliphatic rings. The van der Waals surface area contributed by atoms with Crippen molar-refractivity contribution in [2.45, 2.75) is 20.1 Å². The van der Waals surface area contributed by atoms with Gasteiger partial charge in [0, 0.05) is 36.7 Å². The fraction of sp³-hybridized carbons (Fsp3) is 0.263. The first-order chi connectivity index (χ1) is 15.8. The summed E-state index contributed by atoms with van der Waals surface area (Å²) in [5.74, 6) is -1.45. The van der Waals surface area contributed by atoms with E-state index < -0.39 is 72.8 Å². The fourth-order valence-corrected chi connectivity index (χ4v) is 2.06. The largest absolute Gasteiger partial charge is 0.348 e. The van der Waals surface area contributed by atoms with Gasteiger partial charge in [-0.3, -0.25) is 4.79 Å². The molecule has 0 fully saturated rings. The van der Waals surface area contributed by atoms with Crippen molar-refractivity contribution in [3.63, 3.8) is 0 Å². The van der Waals surface area contributed by atoms with E-state index in [-0.39, 0.29) is 10.5 Å². The summed E-state index contributed by atoms with van der Waals surface area (Å²) < 4.78 is 96.7. The lowest BCUT2D eigenvalue weighted by Gasteiger charge is -2.11. The third-order valence-electron chi connectivity index (χ3n) is 3.16. The molecule has 0 spiro atoms. The molecule has 0 radical (unpaired) electrons. The van der Waals surface area contributed by atoms with E-state index in [0.717, 1.165) is 7.05 Å². The summed E-state index contributed by atoms with van der Waals surface area (Å²) in [5.41, 5.74) is -1.57. The lowest BCUT2D eigenvalue weighted by atomic mass is 10.1. The number of hydrogen-bond donors (Lipinski definition) is 0. The Morgan fingerprint density at radius 3 is 2.83 bits per heavy atom. The minimum Gasteiger partial charge on any atom is -0.348 e. The molecule has 0 bridgehead atoms. The summed E-state index contributed by atoms with van der Waals surface area (Å²) >= 11 is 0. The summed E-state index contributed by atoms with van der Waals surface area (Å²) in [4.78, 5) is 17.5. The maximum Gasteiger partial charge on any atom is 0.228 e. The van der Waals surface area contributed by atoms with Crippen LogP contribution in [0.15, 0.2) is 42.5 Å². The summed E-state index contributed by atoms with van der Waals surface area (Å²) in [7, 11) is 0.905. The second kappa shape index (κ2) is 5.88. The molecule has 3 aromatic rings. The van der Waals surface area contributed by atoms with Crippen molar-refractivity contribution in [1.82, 2.24) is 14.3 Å². The van der Waals surface area contributed by atoms with E-state index in [2.05, 4.69) is 4.98 Å². The number of benzene rings is 1. The smallest absolute Gasteiger partial charge is 0.228 e. The van der Waals surface area contributed by atoms with Crippen LogP contribution in [0.3, 0.4) is 0 Å². The number of carbonyl (C=O) groups excluding carboxylic acids is 1. The molecule has 0 aliphatic carbocycles. The van der Waals surface area contributed by atoms with Crippen LogP contribution in [0.1, 0.15) is 33.3 Å². The second-order valence-corrected chi connectivity index (χ2v) is 4.98. The van der Waals surface area contributed by atoms with Crippen molar-refractivity contribution in [2.24, 2.45) is 0 Å². The van der Waals surface area contributed by atoms with Crippen LogP contribution in [0.5, 0.6) is 0 Å². The number of hydrogen-bond acceptors (Lipinski definition) is 2. The molecule has 0 saturated heterocycles.